The van der Waals surface area contributed by atoms with Crippen LogP contribution in [0.2, 0.25) is 0 Å². The third-order valence-corrected chi connectivity index (χ3v) is 2.33. The molecule has 3 heteroatoms. The van der Waals surface area contributed by atoms with Crippen LogP contribution in [0.3, 0.4) is 0 Å². The van der Waals surface area contributed by atoms with E-state index in [4.69, 9.17) is 0 Å². The normalized spacial score (nSPS) is 9.67. The van der Waals surface area contributed by atoms with Crippen molar-refractivity contribution in [3.05, 3.63) is 29.8 Å². The summed E-state index contributed by atoms with van der Waals surface area (Å²) in [6.45, 7) is 0. The molecule has 0 N–H and O–H groups in total. The molecule has 0 fully saturated rings. The van der Waals surface area contributed by atoms with Gasteiger partial charge < -0.3 is 0 Å². The maximum atomic E-state index is 12.4. The van der Waals surface area contributed by atoms with Crippen molar-refractivity contribution in [3.63, 3.8) is 0 Å². The standard InChI is InChI=1S/C6H3F2.Sn/c7-5-2-1-3-6(8)4-5;/h1-3H;. The Morgan fingerprint density at radius 2 is 1.56 bits per heavy atom. The van der Waals surface area contributed by atoms with Crippen molar-refractivity contribution in [2.75, 3.05) is 0 Å². The first-order chi connectivity index (χ1) is 4.22. The van der Waals surface area contributed by atoms with E-state index in [0.717, 1.165) is 22.5 Å². The molecule has 0 aromatic heterocycles. The first kappa shape index (κ1) is 6.99. The zero-order valence-corrected chi connectivity index (χ0v) is 7.34. The fourth-order valence-corrected chi connectivity index (χ4v) is 0.974. The van der Waals surface area contributed by atoms with E-state index in [0.29, 0.717) is 0 Å². The summed E-state index contributed by atoms with van der Waals surface area (Å²) < 4.78 is 24.9. The Kier molecular flexibility index (Phi) is 2.05. The Labute approximate surface area is 65.0 Å². The number of hydrogen-bond acceptors (Lipinski definition) is 0. The number of benzene rings is 1. The fourth-order valence-electron chi connectivity index (χ4n) is 0.498. The van der Waals surface area contributed by atoms with Gasteiger partial charge in [0.15, 0.2) is 0 Å². The van der Waals surface area contributed by atoms with Gasteiger partial charge in [-0.2, -0.15) is 0 Å². The van der Waals surface area contributed by atoms with Gasteiger partial charge in [0.1, 0.15) is 0 Å². The first-order valence-corrected chi connectivity index (χ1v) is 3.80. The molecular formula is C6H3F2Sn. The Morgan fingerprint density at radius 3 is 1.89 bits per heavy atom. The fraction of sp³-hybridized carbons (Fsp3) is 0. The molecule has 45 valence electrons. The summed E-state index contributed by atoms with van der Waals surface area (Å²) in [6.07, 6.45) is 0. The summed E-state index contributed by atoms with van der Waals surface area (Å²) in [7, 11) is 0. The molecule has 0 saturated heterocycles. The molecule has 0 amide bonds. The van der Waals surface area contributed by atoms with E-state index in [1.165, 1.54) is 18.2 Å². The van der Waals surface area contributed by atoms with E-state index in [9.17, 15) is 8.78 Å². The van der Waals surface area contributed by atoms with Gasteiger partial charge in [-0.1, -0.05) is 0 Å². The van der Waals surface area contributed by atoms with Crippen molar-refractivity contribution in [1.29, 1.82) is 0 Å². The van der Waals surface area contributed by atoms with Crippen molar-refractivity contribution in [3.8, 4) is 0 Å². The molecule has 0 heterocycles. The Morgan fingerprint density at radius 1 is 1.11 bits per heavy atom. The molecule has 1 rings (SSSR count). The minimum absolute atomic E-state index is 0.171. The number of hydrogen-bond donors (Lipinski definition) is 0. The molecule has 0 nitrogen and oxygen atoms in total. The molecule has 9 heavy (non-hydrogen) atoms. The Balaban J connectivity index is 3.25. The predicted octanol–water partition coefficient (Wildman–Crippen LogP) is 0.759. The predicted molar refractivity (Wildman–Crippen MR) is 31.7 cm³/mol. The van der Waals surface area contributed by atoms with Gasteiger partial charge >= 0.3 is 64.7 Å². The summed E-state index contributed by atoms with van der Waals surface area (Å²) in [5.74, 6) is -0.901. The quantitative estimate of drug-likeness (QED) is 0.579. The first-order valence-electron chi connectivity index (χ1n) is 2.37. The van der Waals surface area contributed by atoms with E-state index in [1.54, 1.807) is 0 Å². The second-order valence-electron chi connectivity index (χ2n) is 1.60. The van der Waals surface area contributed by atoms with Crippen molar-refractivity contribution < 1.29 is 8.78 Å². The van der Waals surface area contributed by atoms with Gasteiger partial charge in [-0.25, -0.2) is 0 Å². The minimum atomic E-state index is -0.451. The number of rotatable bonds is 0. The second-order valence-corrected chi connectivity index (χ2v) is 3.02. The van der Waals surface area contributed by atoms with Gasteiger partial charge in [-0.15, -0.1) is 0 Å². The maximum absolute atomic E-state index is 12.4. The molecule has 1 aromatic rings. The molecule has 0 aliphatic heterocycles. The van der Waals surface area contributed by atoms with Crippen molar-refractivity contribution in [1.82, 2.24) is 0 Å². The molecule has 0 unspecified atom stereocenters. The molecule has 0 bridgehead atoms. The number of halogens is 2. The summed E-state index contributed by atoms with van der Waals surface area (Å²) in [4.78, 5) is 0. The van der Waals surface area contributed by atoms with Gasteiger partial charge in [-0.05, 0) is 0 Å². The topological polar surface area (TPSA) is 0 Å². The van der Waals surface area contributed by atoms with E-state index in [2.05, 4.69) is 0 Å². The van der Waals surface area contributed by atoms with Crippen LogP contribution in [-0.4, -0.2) is 22.5 Å². The monoisotopic (exact) mass is 233 g/mol. The van der Waals surface area contributed by atoms with Crippen LogP contribution in [0, 0.1) is 11.6 Å². The summed E-state index contributed by atoms with van der Waals surface area (Å²) in [6, 6.07) is 3.87. The third kappa shape index (κ3) is 1.41. The van der Waals surface area contributed by atoms with Crippen LogP contribution in [0.15, 0.2) is 18.2 Å². The summed E-state index contributed by atoms with van der Waals surface area (Å²) in [5.41, 5.74) is 0. The average Bonchev–Trinajstić information content (AvgIpc) is 1.83. The average molecular weight is 232 g/mol. The zero-order valence-electron chi connectivity index (χ0n) is 4.49. The zero-order chi connectivity index (χ0) is 6.85. The molecule has 3 radical (unpaired) electrons. The van der Waals surface area contributed by atoms with Crippen LogP contribution in [0.4, 0.5) is 8.78 Å². The molecule has 0 aliphatic rings. The van der Waals surface area contributed by atoms with E-state index in [1.807, 2.05) is 0 Å². The summed E-state index contributed by atoms with van der Waals surface area (Å²) >= 11 is 0.773. The summed E-state index contributed by atoms with van der Waals surface area (Å²) in [5, 5.41) is 0. The van der Waals surface area contributed by atoms with Gasteiger partial charge in [0, 0.05) is 0 Å². The van der Waals surface area contributed by atoms with Crippen LogP contribution in [0.1, 0.15) is 0 Å². The molecule has 0 saturated carbocycles. The van der Waals surface area contributed by atoms with Gasteiger partial charge in [0.2, 0.25) is 0 Å². The van der Waals surface area contributed by atoms with E-state index in [-0.39, 0.29) is 3.58 Å². The van der Waals surface area contributed by atoms with Crippen LogP contribution >= 0.6 is 0 Å². The Hall–Kier alpha value is -0.121. The molecular weight excluding hydrogens is 229 g/mol. The van der Waals surface area contributed by atoms with Crippen molar-refractivity contribution in [2.45, 2.75) is 0 Å². The van der Waals surface area contributed by atoms with Crippen molar-refractivity contribution >= 4 is 26.1 Å². The molecule has 0 aliphatic carbocycles. The van der Waals surface area contributed by atoms with Crippen molar-refractivity contribution in [2.24, 2.45) is 0 Å². The van der Waals surface area contributed by atoms with Crippen LogP contribution < -0.4 is 3.58 Å². The molecule has 0 atom stereocenters. The second kappa shape index (κ2) is 2.64. The SMILES string of the molecule is Fc1cccc(F)[c]1[Sn]. The molecule has 1 aromatic carbocycles. The van der Waals surface area contributed by atoms with Gasteiger partial charge in [0.05, 0.1) is 0 Å². The Bertz CT molecular complexity index is 202. The van der Waals surface area contributed by atoms with Gasteiger partial charge in [-0.3, -0.25) is 0 Å². The molecule has 0 spiro atoms. The van der Waals surface area contributed by atoms with Gasteiger partial charge in [0.25, 0.3) is 0 Å². The van der Waals surface area contributed by atoms with E-state index >= 15 is 0 Å². The van der Waals surface area contributed by atoms with Crippen LogP contribution in [0.25, 0.3) is 0 Å². The van der Waals surface area contributed by atoms with E-state index < -0.39 is 11.6 Å². The third-order valence-electron chi connectivity index (χ3n) is 0.963. The van der Waals surface area contributed by atoms with Crippen LogP contribution in [-0.2, 0) is 0 Å². The van der Waals surface area contributed by atoms with Crippen LogP contribution in [0.5, 0.6) is 0 Å².